The number of hydrogen-bond acceptors (Lipinski definition) is 7. The molecule has 0 bridgehead atoms. The highest BCUT2D eigenvalue weighted by molar-refractivity contribution is 6.22. The molecule has 1 fully saturated rings. The van der Waals surface area contributed by atoms with E-state index >= 15 is 0 Å². The van der Waals surface area contributed by atoms with Gasteiger partial charge in [0, 0.05) is 56.4 Å². The molecule has 2 N–H and O–H groups in total. The van der Waals surface area contributed by atoms with Gasteiger partial charge in [-0.1, -0.05) is 6.08 Å². The van der Waals surface area contributed by atoms with Gasteiger partial charge in [0.15, 0.2) is 5.78 Å². The lowest BCUT2D eigenvalue weighted by molar-refractivity contribution is -0.113. The van der Waals surface area contributed by atoms with Crippen molar-refractivity contribution < 1.29 is 23.5 Å². The summed E-state index contributed by atoms with van der Waals surface area (Å²) in [6.45, 7) is 7.28. The summed E-state index contributed by atoms with van der Waals surface area (Å²) in [5.41, 5.74) is 4.92. The van der Waals surface area contributed by atoms with Crippen LogP contribution in [0.2, 0.25) is 0 Å². The lowest BCUT2D eigenvalue weighted by atomic mass is 9.98. The van der Waals surface area contributed by atoms with Gasteiger partial charge >= 0.3 is 0 Å². The van der Waals surface area contributed by atoms with Gasteiger partial charge in [0.25, 0.3) is 5.91 Å². The topological polar surface area (TPSA) is 99.8 Å². The first kappa shape index (κ1) is 27.2. The normalized spacial score (nSPS) is 18.4. The largest absolute Gasteiger partial charge is 0.496 e. The maximum atomic E-state index is 13.9. The lowest BCUT2D eigenvalue weighted by Crippen LogP contribution is -2.41. The zero-order valence-corrected chi connectivity index (χ0v) is 23.3. The van der Waals surface area contributed by atoms with Crippen LogP contribution in [0.25, 0.3) is 16.6 Å². The summed E-state index contributed by atoms with van der Waals surface area (Å²) < 4.78 is 24.7. The Bertz CT molecular complexity index is 1560. The molecular weight excluding hydrogens is 525 g/mol. The highest BCUT2D eigenvalue weighted by Crippen LogP contribution is 2.30. The average molecular weight is 560 g/mol. The van der Waals surface area contributed by atoms with Crippen LogP contribution in [-0.4, -0.2) is 84.0 Å². The first-order chi connectivity index (χ1) is 19.9. The maximum Gasteiger partial charge on any atom is 0.254 e. The van der Waals surface area contributed by atoms with Gasteiger partial charge in [0.1, 0.15) is 17.4 Å². The van der Waals surface area contributed by atoms with Crippen molar-refractivity contribution in [1.29, 1.82) is 0 Å². The zero-order valence-electron chi connectivity index (χ0n) is 23.3. The Labute approximate surface area is 238 Å². The summed E-state index contributed by atoms with van der Waals surface area (Å²) in [6, 6.07) is 8.14. The summed E-state index contributed by atoms with van der Waals surface area (Å²) in [6.07, 6.45) is 4.48. The van der Waals surface area contributed by atoms with Crippen LogP contribution < -0.4 is 10.1 Å². The van der Waals surface area contributed by atoms with Crippen LogP contribution in [0, 0.1) is 5.82 Å². The van der Waals surface area contributed by atoms with E-state index in [2.05, 4.69) is 15.2 Å². The average Bonchev–Trinajstić information content (AvgIpc) is 3.50. The van der Waals surface area contributed by atoms with Gasteiger partial charge < -0.3 is 24.7 Å². The van der Waals surface area contributed by atoms with Gasteiger partial charge in [-0.2, -0.15) is 0 Å². The molecule has 9 nitrogen and oxygen atoms in total. The minimum atomic E-state index is -0.325. The highest BCUT2D eigenvalue weighted by atomic mass is 19.1. The number of aromatic amines is 1. The fourth-order valence-corrected chi connectivity index (χ4v) is 5.82. The molecule has 1 saturated heterocycles. The number of allylic oxidation sites excluding steroid dienone is 3. The number of nitrogens with one attached hydrogen (secondary N) is 2. The predicted molar refractivity (Wildman–Crippen MR) is 153 cm³/mol. The number of nitrogens with zero attached hydrogens (tertiary/aromatic N) is 3. The van der Waals surface area contributed by atoms with Crippen LogP contribution >= 0.6 is 0 Å². The summed E-state index contributed by atoms with van der Waals surface area (Å²) in [5.74, 6) is 0.715. The fourth-order valence-electron chi connectivity index (χ4n) is 5.82. The number of carbonyl (C=O) groups is 2. The molecule has 1 amide bonds. The van der Waals surface area contributed by atoms with Gasteiger partial charge in [-0.05, 0) is 60.9 Å². The number of methoxy groups -OCH3 is 1. The van der Waals surface area contributed by atoms with E-state index in [1.807, 2.05) is 36.1 Å². The summed E-state index contributed by atoms with van der Waals surface area (Å²) in [7, 11) is 1.56. The Hall–Kier alpha value is -4.02. The minimum absolute atomic E-state index is 0.0135. The SMILES string of the molecule is COc1ccc(F)cc1C[C@H](C)NC1=C(c2nc3cc4c(cc3[nH]2)CN(CCN2CCOCC2)C4=O)C(=O)CC=C1. The third-order valence-electron chi connectivity index (χ3n) is 7.92. The van der Waals surface area contributed by atoms with Crippen molar-refractivity contribution in [3.63, 3.8) is 0 Å². The first-order valence-electron chi connectivity index (χ1n) is 14.0. The van der Waals surface area contributed by atoms with Crippen molar-refractivity contribution in [3.8, 4) is 5.75 Å². The van der Waals surface area contributed by atoms with E-state index in [4.69, 9.17) is 14.5 Å². The molecule has 1 atom stereocenters. The number of amides is 1. The molecule has 1 aliphatic carbocycles. The zero-order chi connectivity index (χ0) is 28.5. The van der Waals surface area contributed by atoms with Crippen molar-refractivity contribution >= 4 is 28.3 Å². The molecule has 3 heterocycles. The Morgan fingerprint density at radius 1 is 1.17 bits per heavy atom. The predicted octanol–water partition coefficient (Wildman–Crippen LogP) is 3.46. The van der Waals surface area contributed by atoms with E-state index in [9.17, 15) is 14.0 Å². The number of fused-ring (bicyclic) bond motifs is 2. The number of ketones is 1. The molecule has 0 spiro atoms. The van der Waals surface area contributed by atoms with Crippen molar-refractivity contribution in [2.45, 2.75) is 32.4 Å². The molecule has 41 heavy (non-hydrogen) atoms. The van der Waals surface area contributed by atoms with Crippen LogP contribution in [0.3, 0.4) is 0 Å². The fraction of sp³-hybridized carbons (Fsp3) is 0.387. The van der Waals surface area contributed by atoms with E-state index in [-0.39, 0.29) is 30.0 Å². The van der Waals surface area contributed by atoms with Crippen LogP contribution in [0.1, 0.15) is 40.7 Å². The number of imidazole rings is 1. The molecule has 2 aliphatic heterocycles. The number of morpholine rings is 1. The van der Waals surface area contributed by atoms with Crippen molar-refractivity contribution in [3.05, 3.63) is 76.5 Å². The Balaban J connectivity index is 1.22. The molecule has 3 aliphatic rings. The molecule has 0 saturated carbocycles. The van der Waals surface area contributed by atoms with Crippen LogP contribution in [-0.2, 0) is 22.5 Å². The van der Waals surface area contributed by atoms with Gasteiger partial charge in [-0.25, -0.2) is 9.37 Å². The van der Waals surface area contributed by atoms with E-state index in [1.54, 1.807) is 13.2 Å². The van der Waals surface area contributed by atoms with E-state index in [0.717, 1.165) is 49.5 Å². The Kier molecular flexibility index (Phi) is 7.59. The molecule has 2 aromatic carbocycles. The van der Waals surface area contributed by atoms with Crippen molar-refractivity contribution in [2.24, 2.45) is 0 Å². The van der Waals surface area contributed by atoms with Crippen molar-refractivity contribution in [2.75, 3.05) is 46.5 Å². The molecule has 214 valence electrons. The third-order valence-corrected chi connectivity index (χ3v) is 7.92. The molecule has 3 aromatic rings. The quantitative estimate of drug-likeness (QED) is 0.414. The molecule has 6 rings (SSSR count). The highest BCUT2D eigenvalue weighted by Gasteiger charge is 2.30. The van der Waals surface area contributed by atoms with Gasteiger partial charge in [0.2, 0.25) is 0 Å². The third kappa shape index (κ3) is 5.62. The lowest BCUT2D eigenvalue weighted by Gasteiger charge is -2.28. The van der Waals surface area contributed by atoms with Gasteiger partial charge in [-0.3, -0.25) is 14.5 Å². The summed E-state index contributed by atoms with van der Waals surface area (Å²) >= 11 is 0. The maximum absolute atomic E-state index is 13.9. The number of aromatic nitrogens is 2. The number of halogens is 1. The monoisotopic (exact) mass is 559 g/mol. The van der Waals surface area contributed by atoms with Gasteiger partial charge in [0.05, 0.1) is 36.9 Å². The van der Waals surface area contributed by atoms with Crippen molar-refractivity contribution in [1.82, 2.24) is 25.1 Å². The number of H-pyrrole nitrogens is 1. The molecule has 1 aromatic heterocycles. The Morgan fingerprint density at radius 2 is 2.00 bits per heavy atom. The van der Waals surface area contributed by atoms with E-state index in [0.29, 0.717) is 53.4 Å². The summed E-state index contributed by atoms with van der Waals surface area (Å²) in [4.78, 5) is 38.6. The van der Waals surface area contributed by atoms with E-state index in [1.165, 1.54) is 12.1 Å². The second kappa shape index (κ2) is 11.5. The standard InChI is InChI=1S/C31H34FN5O4/c1-19(14-20-15-22(32)6-7-28(20)40-2)33-24-4-3-5-27(38)29(24)30-34-25-16-21-18-37(9-8-36-10-12-41-13-11-36)31(39)23(21)17-26(25)35-30/h3-4,6-7,15-17,19,33H,5,8-14,18H2,1-2H3,(H,34,35)/t19-/m0/s1. The molecular formula is C31H34FN5O4. The second-order valence-electron chi connectivity index (χ2n) is 10.8. The number of ether oxygens (including phenoxy) is 2. The molecule has 10 heteroatoms. The second-order valence-corrected chi connectivity index (χ2v) is 10.8. The number of benzene rings is 2. The van der Waals surface area contributed by atoms with Crippen LogP contribution in [0.15, 0.2) is 48.2 Å². The number of carbonyl (C=O) groups excluding carboxylic acids is 2. The smallest absolute Gasteiger partial charge is 0.254 e. The van der Waals surface area contributed by atoms with Gasteiger partial charge in [-0.15, -0.1) is 0 Å². The number of hydrogen-bond donors (Lipinski definition) is 2. The van der Waals surface area contributed by atoms with Crippen LogP contribution in [0.4, 0.5) is 4.39 Å². The molecule has 0 unspecified atom stereocenters. The minimum Gasteiger partial charge on any atom is -0.496 e. The summed E-state index contributed by atoms with van der Waals surface area (Å²) in [5, 5.41) is 3.42. The molecule has 0 radical (unpaired) electrons. The first-order valence-corrected chi connectivity index (χ1v) is 14.0. The van der Waals surface area contributed by atoms with E-state index < -0.39 is 0 Å². The van der Waals surface area contributed by atoms with Crippen LogP contribution in [0.5, 0.6) is 5.75 Å². The number of rotatable bonds is 9. The number of Topliss-reactive ketones (excluding diaryl/α,β-unsaturated/α-hetero) is 1. The Morgan fingerprint density at radius 3 is 2.80 bits per heavy atom.